The third kappa shape index (κ3) is 8.27. The number of carbonyl (C=O) groups is 2. The van der Waals surface area contributed by atoms with Gasteiger partial charge < -0.3 is 19.6 Å². The molecule has 2 unspecified atom stereocenters. The Bertz CT molecular complexity index is 1470. The number of carboxylic acids is 1. The average molecular weight is 605 g/mol. The van der Waals surface area contributed by atoms with Crippen molar-refractivity contribution in [1.82, 2.24) is 10.3 Å². The summed E-state index contributed by atoms with van der Waals surface area (Å²) in [6.45, 7) is 4.39. The van der Waals surface area contributed by atoms with Gasteiger partial charge in [-0.15, -0.1) is 0 Å². The number of carbonyl (C=O) groups excluding carboxylic acids is 1. The molecule has 1 aromatic heterocycles. The summed E-state index contributed by atoms with van der Waals surface area (Å²) in [7, 11) is 0. The second-order valence-electron chi connectivity index (χ2n) is 9.73. The van der Waals surface area contributed by atoms with Crippen LogP contribution in [0.4, 0.5) is 0 Å². The summed E-state index contributed by atoms with van der Waals surface area (Å²) >= 11 is 3.30. The molecular weight excluding hydrogens is 569 g/mol. The van der Waals surface area contributed by atoms with Crippen LogP contribution >= 0.6 is 23.5 Å². The van der Waals surface area contributed by atoms with Crippen molar-refractivity contribution in [3.63, 3.8) is 0 Å². The Morgan fingerprint density at radius 1 is 1.05 bits per heavy atom. The van der Waals surface area contributed by atoms with Gasteiger partial charge in [-0.3, -0.25) is 4.79 Å². The fraction of sp³-hybridized carbons (Fsp3) is 0.303. The molecular formula is C33H36N2O5S2. The van der Waals surface area contributed by atoms with Gasteiger partial charge in [0, 0.05) is 16.9 Å². The van der Waals surface area contributed by atoms with Crippen molar-refractivity contribution in [2.75, 3.05) is 23.5 Å². The van der Waals surface area contributed by atoms with E-state index in [9.17, 15) is 14.7 Å². The first-order valence-corrected chi connectivity index (χ1v) is 16.4. The topological polar surface area (TPSA) is 102 Å². The maximum absolute atomic E-state index is 13.4. The summed E-state index contributed by atoms with van der Waals surface area (Å²) in [4.78, 5) is 29.7. The standard InChI is InChI=1S/C33H36N2O5S2/c1-4-42-21-30(29-19-34-32(40-29)24-11-6-5-7-12-24)39-20-23-14-15-26(27(18-23)25-13-9-8-10-22(25)2)31(36)35-28(33(37)38)16-17-41-3/h5-15,18-19,28,30H,4,16-17,20-21H2,1-3H3,(H,35,36)(H,37,38). The average Bonchev–Trinajstić information content (AvgIpc) is 3.50. The van der Waals surface area contributed by atoms with E-state index in [0.29, 0.717) is 41.7 Å². The number of oxazole rings is 1. The number of ether oxygens (including phenoxy) is 1. The van der Waals surface area contributed by atoms with E-state index >= 15 is 0 Å². The Kier molecular flexibility index (Phi) is 11.7. The lowest BCUT2D eigenvalue weighted by molar-refractivity contribution is -0.139. The number of benzene rings is 3. The van der Waals surface area contributed by atoms with Crippen molar-refractivity contribution in [2.24, 2.45) is 0 Å². The molecule has 0 saturated heterocycles. The van der Waals surface area contributed by atoms with E-state index in [1.165, 1.54) is 0 Å². The Labute approximate surface area is 255 Å². The predicted octanol–water partition coefficient (Wildman–Crippen LogP) is 7.26. The maximum Gasteiger partial charge on any atom is 0.326 e. The third-order valence-corrected chi connectivity index (χ3v) is 8.35. The largest absolute Gasteiger partial charge is 0.480 e. The fourth-order valence-corrected chi connectivity index (χ4v) is 5.67. The molecule has 1 heterocycles. The van der Waals surface area contributed by atoms with Gasteiger partial charge >= 0.3 is 5.97 Å². The number of aliphatic carboxylic acids is 1. The molecule has 0 aliphatic carbocycles. The molecule has 2 N–H and O–H groups in total. The number of carboxylic acid groups (broad SMARTS) is 1. The van der Waals surface area contributed by atoms with Gasteiger partial charge in [0.1, 0.15) is 12.1 Å². The summed E-state index contributed by atoms with van der Waals surface area (Å²) in [6, 6.07) is 22.2. The third-order valence-electron chi connectivity index (χ3n) is 6.76. The van der Waals surface area contributed by atoms with Gasteiger partial charge in [0.2, 0.25) is 5.89 Å². The highest BCUT2D eigenvalue weighted by Gasteiger charge is 2.23. The molecule has 7 nitrogen and oxygen atoms in total. The summed E-state index contributed by atoms with van der Waals surface area (Å²) in [5.74, 6) is 2.03. The fourth-order valence-electron chi connectivity index (χ4n) is 4.49. The number of thioether (sulfide) groups is 2. The second kappa shape index (κ2) is 15.6. The van der Waals surface area contributed by atoms with Gasteiger partial charge in [-0.25, -0.2) is 9.78 Å². The molecule has 3 aromatic carbocycles. The van der Waals surface area contributed by atoms with Crippen LogP contribution in [0.5, 0.6) is 0 Å². The molecule has 0 spiro atoms. The van der Waals surface area contributed by atoms with Crippen molar-refractivity contribution in [1.29, 1.82) is 0 Å². The first-order valence-electron chi connectivity index (χ1n) is 13.8. The molecule has 42 heavy (non-hydrogen) atoms. The lowest BCUT2D eigenvalue weighted by atomic mass is 9.93. The Morgan fingerprint density at radius 2 is 1.81 bits per heavy atom. The molecule has 4 rings (SSSR count). The molecule has 2 atom stereocenters. The maximum atomic E-state index is 13.4. The lowest BCUT2D eigenvalue weighted by Crippen LogP contribution is -2.41. The summed E-state index contributed by atoms with van der Waals surface area (Å²) in [6.07, 6.45) is 3.68. The summed E-state index contributed by atoms with van der Waals surface area (Å²) in [5.41, 5.74) is 4.85. The van der Waals surface area contributed by atoms with Crippen LogP contribution in [-0.2, 0) is 16.1 Å². The van der Waals surface area contributed by atoms with Gasteiger partial charge in [0.25, 0.3) is 5.91 Å². The molecule has 0 aliphatic rings. The number of amides is 1. The van der Waals surface area contributed by atoms with Crippen LogP contribution in [0.3, 0.4) is 0 Å². The van der Waals surface area contributed by atoms with Gasteiger partial charge in [0.05, 0.1) is 12.8 Å². The van der Waals surface area contributed by atoms with Crippen LogP contribution in [0.2, 0.25) is 0 Å². The highest BCUT2D eigenvalue weighted by atomic mass is 32.2. The van der Waals surface area contributed by atoms with Crippen molar-refractivity contribution in [2.45, 2.75) is 39.0 Å². The quantitative estimate of drug-likeness (QED) is 0.146. The molecule has 0 aliphatic heterocycles. The first kappa shape index (κ1) is 31.4. The van der Waals surface area contributed by atoms with Crippen molar-refractivity contribution < 1.29 is 23.8 Å². The smallest absolute Gasteiger partial charge is 0.326 e. The molecule has 0 radical (unpaired) electrons. The highest BCUT2D eigenvalue weighted by molar-refractivity contribution is 7.99. The molecule has 4 aromatic rings. The molecule has 0 saturated carbocycles. The van der Waals surface area contributed by atoms with Crippen LogP contribution in [0.1, 0.15) is 46.7 Å². The summed E-state index contributed by atoms with van der Waals surface area (Å²) in [5, 5.41) is 12.4. The number of nitrogens with one attached hydrogen (secondary N) is 1. The van der Waals surface area contributed by atoms with Crippen molar-refractivity contribution in [3.8, 4) is 22.6 Å². The zero-order valence-corrected chi connectivity index (χ0v) is 25.7. The van der Waals surface area contributed by atoms with Crippen molar-refractivity contribution >= 4 is 35.4 Å². The Hall–Kier alpha value is -3.53. The minimum absolute atomic E-state index is 0.294. The number of aryl methyl sites for hydroxylation is 1. The van der Waals surface area contributed by atoms with Gasteiger partial charge in [0.15, 0.2) is 5.76 Å². The van der Waals surface area contributed by atoms with Gasteiger partial charge in [-0.05, 0) is 77.6 Å². The number of nitrogens with zero attached hydrogens (tertiary/aromatic N) is 1. The van der Waals surface area contributed by atoms with E-state index in [0.717, 1.165) is 33.6 Å². The number of hydrogen-bond donors (Lipinski definition) is 2. The van der Waals surface area contributed by atoms with Crippen LogP contribution in [0.15, 0.2) is 83.4 Å². The van der Waals surface area contributed by atoms with Gasteiger partial charge in [-0.2, -0.15) is 23.5 Å². The van der Waals surface area contributed by atoms with E-state index in [4.69, 9.17) is 9.15 Å². The zero-order valence-electron chi connectivity index (χ0n) is 24.0. The molecule has 0 fully saturated rings. The summed E-state index contributed by atoms with van der Waals surface area (Å²) < 4.78 is 12.5. The molecule has 0 bridgehead atoms. The Morgan fingerprint density at radius 3 is 2.52 bits per heavy atom. The molecule has 220 valence electrons. The van der Waals surface area contributed by atoms with Crippen LogP contribution < -0.4 is 5.32 Å². The van der Waals surface area contributed by atoms with Crippen LogP contribution in [0, 0.1) is 6.92 Å². The first-order chi connectivity index (χ1) is 20.4. The normalized spacial score (nSPS) is 12.5. The van der Waals surface area contributed by atoms with E-state index < -0.39 is 17.9 Å². The minimum Gasteiger partial charge on any atom is -0.480 e. The zero-order chi connectivity index (χ0) is 29.9. The van der Waals surface area contributed by atoms with Crippen molar-refractivity contribution in [3.05, 3.63) is 101 Å². The molecule has 9 heteroatoms. The van der Waals surface area contributed by atoms with Crippen LogP contribution in [-0.4, -0.2) is 51.5 Å². The SMILES string of the molecule is CCSCC(OCc1ccc(C(=O)NC(CCSC)C(=O)O)c(-c2ccccc2C)c1)c1cnc(-c2ccccc2)o1. The number of rotatable bonds is 15. The highest BCUT2D eigenvalue weighted by Crippen LogP contribution is 2.31. The number of hydrogen-bond acceptors (Lipinski definition) is 7. The predicted molar refractivity (Wildman–Crippen MR) is 171 cm³/mol. The van der Waals surface area contributed by atoms with E-state index in [1.54, 1.807) is 35.8 Å². The van der Waals surface area contributed by atoms with Gasteiger partial charge in [-0.1, -0.05) is 55.5 Å². The monoisotopic (exact) mass is 604 g/mol. The lowest BCUT2D eigenvalue weighted by Gasteiger charge is -2.19. The van der Waals surface area contributed by atoms with Crippen LogP contribution in [0.25, 0.3) is 22.6 Å². The molecule has 1 amide bonds. The minimum atomic E-state index is -1.04. The Balaban J connectivity index is 1.59. The second-order valence-corrected chi connectivity index (χ2v) is 12.0. The number of aromatic nitrogens is 1. The van der Waals surface area contributed by atoms with E-state index in [1.807, 2.05) is 79.9 Å². The van der Waals surface area contributed by atoms with E-state index in [2.05, 4.69) is 17.2 Å². The van der Waals surface area contributed by atoms with E-state index in [-0.39, 0.29) is 6.10 Å².